The standard InChI is InChI=1S/C9H18.C8H16.C7H6O2.C5H12.C4H10.C4H8.14CH4.W/c1-4-9(5-6-9)7-8(2)3;1-7(2)6-8-4-3-5-8;1-2-4-7-6(3-1)8-5-9-7;1-4-5(2)3;1-4(2)3;1-3-4-2;;;;;;;;;;;;;;;/h8H,4-7H2,1-3H3;7-8H,3-6H2,1-2H3;1-4H,5H2;5H,4H2,1-3H3;4H,1-3H3;1-4H2;14*1H4;/q;;;;;-2;;;;;;;;;;;;;;;+2. The van der Waals surface area contributed by atoms with Crippen LogP contribution in [0.25, 0.3) is 0 Å². The van der Waals surface area contributed by atoms with Crippen molar-refractivity contribution >= 4 is 0 Å². The zero-order valence-electron chi connectivity index (χ0n) is 28.8. The van der Waals surface area contributed by atoms with Gasteiger partial charge in [-0.25, -0.2) is 12.8 Å². The van der Waals surface area contributed by atoms with Crippen molar-refractivity contribution in [3.8, 4) is 11.5 Å². The molecule has 54 heavy (non-hydrogen) atoms. The number of para-hydroxylation sites is 2. The quantitative estimate of drug-likeness (QED) is 0.254. The van der Waals surface area contributed by atoms with Gasteiger partial charge >= 0.3 is 21.1 Å². The van der Waals surface area contributed by atoms with Crippen LogP contribution in [-0.2, 0) is 21.1 Å². The Balaban J connectivity index is -0.0000000197. The van der Waals surface area contributed by atoms with E-state index in [-0.39, 0.29) is 125 Å². The fourth-order valence-corrected chi connectivity index (χ4v) is 3.99. The minimum atomic E-state index is 0. The molecule has 0 bridgehead atoms. The summed E-state index contributed by atoms with van der Waals surface area (Å²) in [6.07, 6.45) is 15.1. The number of fused-ring (bicyclic) bond motifs is 1. The maximum absolute atomic E-state index is 5.08. The fourth-order valence-electron chi connectivity index (χ4n) is 3.99. The molecule has 0 spiro atoms. The summed E-state index contributed by atoms with van der Waals surface area (Å²) in [5.41, 5.74) is 0.814. The molecule has 3 aliphatic rings. The smallest absolute Gasteiger partial charge is 0.454 e. The van der Waals surface area contributed by atoms with E-state index in [9.17, 15) is 0 Å². The Morgan fingerprint density at radius 1 is 0.593 bits per heavy atom. The van der Waals surface area contributed by atoms with Crippen molar-refractivity contribution in [1.82, 2.24) is 0 Å². The Kier molecular flexibility index (Phi) is 144. The molecule has 0 unspecified atom stereocenters. The molecule has 3 heteroatoms. The van der Waals surface area contributed by atoms with Gasteiger partial charge in [-0.15, -0.1) is 0 Å². The Morgan fingerprint density at radius 3 is 1.04 bits per heavy atom. The minimum absolute atomic E-state index is 0. The first-order valence-electron chi connectivity index (χ1n) is 16.3. The van der Waals surface area contributed by atoms with Crippen LogP contribution in [0.2, 0.25) is 0 Å². The molecule has 0 aromatic heterocycles. The Labute approximate surface area is 371 Å². The van der Waals surface area contributed by atoms with E-state index in [0.29, 0.717) is 6.79 Å². The SMILES string of the molecule is C.C.C.C.C.C.C.C.C.C.C.C.C.C.CC(C)C.CC(C)CC1CCC1.CCC(C)C.CCC1(CC(C)C)CC1.[CH2-]CC[CH2-].[W+2].c1ccc2c(c1)OCO2. The van der Waals surface area contributed by atoms with E-state index in [4.69, 9.17) is 9.47 Å². The monoisotopic (exact) mass is 955 g/mol. The molecule has 0 saturated heterocycles. The van der Waals surface area contributed by atoms with Crippen LogP contribution in [0.15, 0.2) is 24.3 Å². The molecular formula is C51H126O2W. The maximum Gasteiger partial charge on any atom is 2.00 e. The topological polar surface area (TPSA) is 18.5 Å². The molecule has 1 aromatic carbocycles. The summed E-state index contributed by atoms with van der Waals surface area (Å²) >= 11 is 0. The van der Waals surface area contributed by atoms with Gasteiger partial charge in [0.2, 0.25) is 6.79 Å². The summed E-state index contributed by atoms with van der Waals surface area (Å²) in [5, 5.41) is 0. The molecule has 2 nitrogen and oxygen atoms in total. The van der Waals surface area contributed by atoms with Crippen LogP contribution in [0.4, 0.5) is 0 Å². The van der Waals surface area contributed by atoms with Crippen molar-refractivity contribution in [3.05, 3.63) is 38.1 Å². The van der Waals surface area contributed by atoms with Gasteiger partial charge in [0.1, 0.15) is 0 Å². The van der Waals surface area contributed by atoms with Crippen LogP contribution in [0, 0.1) is 48.9 Å². The Morgan fingerprint density at radius 2 is 0.907 bits per heavy atom. The van der Waals surface area contributed by atoms with Crippen molar-refractivity contribution in [2.45, 2.75) is 251 Å². The van der Waals surface area contributed by atoms with Gasteiger partial charge < -0.3 is 23.3 Å². The van der Waals surface area contributed by atoms with Gasteiger partial charge in [0.05, 0.1) is 0 Å². The van der Waals surface area contributed by atoms with Gasteiger partial charge in [-0.3, -0.25) is 0 Å². The van der Waals surface area contributed by atoms with Crippen LogP contribution >= 0.6 is 0 Å². The number of benzene rings is 1. The second-order valence-electron chi connectivity index (χ2n) is 13.5. The van der Waals surface area contributed by atoms with E-state index in [0.717, 1.165) is 59.3 Å². The molecule has 1 aromatic rings. The zero-order chi connectivity index (χ0) is 30.3. The van der Waals surface area contributed by atoms with E-state index >= 15 is 0 Å². The summed E-state index contributed by atoms with van der Waals surface area (Å²) in [5.74, 6) is 6.35. The number of rotatable bonds is 7. The van der Waals surface area contributed by atoms with Crippen LogP contribution < -0.4 is 9.47 Å². The van der Waals surface area contributed by atoms with Crippen LogP contribution in [0.3, 0.4) is 0 Å². The maximum atomic E-state index is 5.08. The van der Waals surface area contributed by atoms with Gasteiger partial charge in [-0.2, -0.15) is 0 Å². The second kappa shape index (κ2) is 70.3. The number of hydrogen-bond acceptors (Lipinski definition) is 2. The van der Waals surface area contributed by atoms with Crippen LogP contribution in [0.1, 0.15) is 251 Å². The molecule has 2 fully saturated rings. The largest absolute Gasteiger partial charge is 2.00 e. The van der Waals surface area contributed by atoms with Crippen molar-refractivity contribution in [3.63, 3.8) is 0 Å². The molecule has 1 heterocycles. The average molecular weight is 955 g/mol. The number of hydrogen-bond donors (Lipinski definition) is 0. The van der Waals surface area contributed by atoms with Crippen molar-refractivity contribution in [2.75, 3.05) is 6.79 Å². The van der Waals surface area contributed by atoms with Gasteiger partial charge in [0.15, 0.2) is 11.5 Å². The van der Waals surface area contributed by atoms with Crippen molar-refractivity contribution in [1.29, 1.82) is 0 Å². The minimum Gasteiger partial charge on any atom is -0.454 e. The van der Waals surface area contributed by atoms with E-state index < -0.39 is 0 Å². The predicted octanol–water partition coefficient (Wildman–Crippen LogP) is 21.5. The van der Waals surface area contributed by atoms with E-state index in [2.05, 4.69) is 90.0 Å². The van der Waals surface area contributed by atoms with Gasteiger partial charge in [0.25, 0.3) is 0 Å². The van der Waals surface area contributed by atoms with E-state index in [1.54, 1.807) is 0 Å². The first-order chi connectivity index (χ1) is 18.4. The van der Waals surface area contributed by atoms with Crippen molar-refractivity contribution < 1.29 is 30.5 Å². The molecule has 2 aliphatic carbocycles. The Hall–Kier alpha value is -0.492. The first-order valence-corrected chi connectivity index (χ1v) is 16.3. The molecule has 0 atom stereocenters. The van der Waals surface area contributed by atoms with Gasteiger partial charge in [-0.1, -0.05) is 224 Å². The molecular weight excluding hydrogens is 828 g/mol. The normalized spacial score (nSPS) is 11.4. The summed E-state index contributed by atoms with van der Waals surface area (Å²) in [4.78, 5) is 0. The summed E-state index contributed by atoms with van der Waals surface area (Å²) < 4.78 is 10.2. The molecule has 0 amide bonds. The zero-order valence-corrected chi connectivity index (χ0v) is 31.8. The summed E-state index contributed by atoms with van der Waals surface area (Å²) in [6.45, 7) is 32.2. The van der Waals surface area contributed by atoms with E-state index in [1.807, 2.05) is 24.3 Å². The molecule has 348 valence electrons. The first kappa shape index (κ1) is 111. The third-order valence-corrected chi connectivity index (χ3v) is 6.92. The molecule has 0 N–H and O–H groups in total. The van der Waals surface area contributed by atoms with Gasteiger partial charge in [0, 0.05) is 0 Å². The number of unbranched alkanes of at least 4 members (excludes halogenated alkanes) is 1. The van der Waals surface area contributed by atoms with Crippen LogP contribution in [0.5, 0.6) is 11.5 Å². The third-order valence-electron chi connectivity index (χ3n) is 6.92. The molecule has 1 aliphatic heterocycles. The molecule has 4 rings (SSSR count). The van der Waals surface area contributed by atoms with Crippen molar-refractivity contribution in [2.24, 2.45) is 35.0 Å². The predicted molar refractivity (Wildman–Crippen MR) is 271 cm³/mol. The third kappa shape index (κ3) is 72.7. The second-order valence-corrected chi connectivity index (χ2v) is 13.5. The Bertz CT molecular complexity index is 619. The molecule has 0 radical (unpaired) electrons. The van der Waals surface area contributed by atoms with E-state index in [1.165, 1.54) is 57.8 Å². The number of ether oxygens (including phenoxy) is 2. The molecule has 2 saturated carbocycles. The summed E-state index contributed by atoms with van der Waals surface area (Å²) in [7, 11) is 0. The van der Waals surface area contributed by atoms with Gasteiger partial charge in [-0.05, 0) is 72.8 Å². The summed E-state index contributed by atoms with van der Waals surface area (Å²) in [6, 6.07) is 7.63. The fraction of sp³-hybridized carbons (Fsp3) is 0.843. The van der Waals surface area contributed by atoms with Crippen LogP contribution in [-0.4, -0.2) is 6.79 Å². The average Bonchev–Trinajstić information content (AvgIpc) is 3.45.